The third-order valence-electron chi connectivity index (χ3n) is 4.16. The molecular formula is C20H34N4O2. The average molecular weight is 363 g/mol. The summed E-state index contributed by atoms with van der Waals surface area (Å²) in [5.74, 6) is 1.14. The number of fused-ring (bicyclic) bond motifs is 1. The quantitative estimate of drug-likeness (QED) is 0.720. The number of nitrogens with one attached hydrogen (secondary N) is 3. The van der Waals surface area contributed by atoms with E-state index in [4.69, 9.17) is 4.74 Å². The maximum atomic E-state index is 11.6. The fourth-order valence-electron chi connectivity index (χ4n) is 2.77. The fraction of sp³-hybridized carbons (Fsp3) is 0.550. The molecule has 0 aliphatic carbocycles. The fourth-order valence-corrected chi connectivity index (χ4v) is 2.77. The molecule has 3 heterocycles. The molecule has 3 N–H and O–H groups in total. The summed E-state index contributed by atoms with van der Waals surface area (Å²) in [4.78, 5) is 11.6. The minimum atomic E-state index is -0.0868. The number of carbonyl (C=O) groups is 1. The predicted octanol–water partition coefficient (Wildman–Crippen LogP) is 3.14. The number of ether oxygens (including phenoxy) is 1. The van der Waals surface area contributed by atoms with Crippen LogP contribution in [0.3, 0.4) is 0 Å². The Bertz CT molecular complexity index is 617. The van der Waals surface area contributed by atoms with E-state index in [9.17, 15) is 4.79 Å². The molecule has 2 unspecified atom stereocenters. The van der Waals surface area contributed by atoms with E-state index in [0.717, 1.165) is 17.2 Å². The van der Waals surface area contributed by atoms with Crippen molar-refractivity contribution in [3.63, 3.8) is 0 Å². The van der Waals surface area contributed by atoms with Gasteiger partial charge in [0.25, 0.3) is 5.91 Å². The Balaban J connectivity index is 0.000000791. The van der Waals surface area contributed by atoms with Crippen LogP contribution >= 0.6 is 0 Å². The Labute approximate surface area is 158 Å². The van der Waals surface area contributed by atoms with E-state index >= 15 is 0 Å². The molecule has 6 heteroatoms. The zero-order valence-electron chi connectivity index (χ0n) is 17.3. The van der Waals surface area contributed by atoms with Crippen LogP contribution in [-0.2, 0) is 9.53 Å². The maximum absolute atomic E-state index is 11.6. The molecule has 0 fully saturated rings. The molecule has 146 valence electrons. The minimum Gasteiger partial charge on any atom is -0.481 e. The molecule has 2 atom stereocenters. The highest BCUT2D eigenvalue weighted by molar-refractivity contribution is 5.93. The van der Waals surface area contributed by atoms with Crippen molar-refractivity contribution in [1.29, 1.82) is 0 Å². The van der Waals surface area contributed by atoms with Crippen LogP contribution in [0.25, 0.3) is 0 Å². The van der Waals surface area contributed by atoms with Crippen LogP contribution in [0.4, 0.5) is 0 Å². The van der Waals surface area contributed by atoms with Gasteiger partial charge in [-0.15, -0.1) is 0 Å². The van der Waals surface area contributed by atoms with Gasteiger partial charge in [-0.25, -0.2) is 15.9 Å². The lowest BCUT2D eigenvalue weighted by molar-refractivity contribution is -0.118. The number of hydrogen-bond donors (Lipinski definition) is 3. The molecule has 0 aromatic heterocycles. The van der Waals surface area contributed by atoms with Crippen LogP contribution in [0.5, 0.6) is 0 Å². The number of hydrazine groups is 2. The van der Waals surface area contributed by atoms with Crippen molar-refractivity contribution >= 4 is 5.91 Å². The van der Waals surface area contributed by atoms with E-state index in [1.807, 2.05) is 57.9 Å². The van der Waals surface area contributed by atoms with Crippen LogP contribution in [0, 0.1) is 5.92 Å². The van der Waals surface area contributed by atoms with Crippen LogP contribution in [0.15, 0.2) is 47.0 Å². The standard InChI is InChI=1S/C16H22N4O2.2C2H6/c1-9(2)12-8-14-11(5-6-15(22-4)20(14)19-12)13-7-10(3)16(21)18-17-13;2*1-2/h5-9,12-13,17,19H,1-4H3,(H,18,21);2*1-2H3. The first-order valence-electron chi connectivity index (χ1n) is 9.50. The maximum Gasteiger partial charge on any atom is 0.260 e. The Morgan fingerprint density at radius 2 is 1.77 bits per heavy atom. The van der Waals surface area contributed by atoms with E-state index in [2.05, 4.69) is 36.2 Å². The van der Waals surface area contributed by atoms with Crippen molar-refractivity contribution in [2.24, 2.45) is 5.92 Å². The van der Waals surface area contributed by atoms with Crippen LogP contribution in [0.1, 0.15) is 48.5 Å². The largest absolute Gasteiger partial charge is 0.481 e. The van der Waals surface area contributed by atoms with Crippen LogP contribution < -0.4 is 16.3 Å². The summed E-state index contributed by atoms with van der Waals surface area (Å²) in [6, 6.07) is 0.187. The number of amides is 1. The van der Waals surface area contributed by atoms with Crippen molar-refractivity contribution < 1.29 is 9.53 Å². The second-order valence-corrected chi connectivity index (χ2v) is 6.04. The van der Waals surface area contributed by atoms with Gasteiger partial charge in [-0.05, 0) is 30.6 Å². The van der Waals surface area contributed by atoms with Crippen molar-refractivity contribution in [3.8, 4) is 0 Å². The molecule has 0 saturated heterocycles. The number of carbonyl (C=O) groups excluding carboxylic acids is 1. The van der Waals surface area contributed by atoms with Gasteiger partial charge in [-0.1, -0.05) is 47.6 Å². The monoisotopic (exact) mass is 362 g/mol. The van der Waals surface area contributed by atoms with Gasteiger partial charge in [0.05, 0.1) is 18.8 Å². The zero-order valence-corrected chi connectivity index (χ0v) is 17.3. The van der Waals surface area contributed by atoms with Crippen LogP contribution in [-0.4, -0.2) is 30.1 Å². The SMILES string of the molecule is CC.CC.COC1=CC=C(C2C=C(C)C(=O)NN2)C2=CC(C(C)C)NN12. The topological polar surface area (TPSA) is 65.6 Å². The van der Waals surface area contributed by atoms with Gasteiger partial charge in [-0.3, -0.25) is 10.2 Å². The number of allylic oxidation sites excluding steroid dienone is 2. The summed E-state index contributed by atoms with van der Waals surface area (Å²) >= 11 is 0. The molecule has 0 aromatic rings. The van der Waals surface area contributed by atoms with Crippen LogP contribution in [0.2, 0.25) is 0 Å². The van der Waals surface area contributed by atoms with Gasteiger partial charge in [0, 0.05) is 17.7 Å². The van der Waals surface area contributed by atoms with Crippen molar-refractivity contribution in [2.75, 3.05) is 7.11 Å². The molecular weight excluding hydrogens is 328 g/mol. The molecule has 1 amide bonds. The molecule has 26 heavy (non-hydrogen) atoms. The summed E-state index contributed by atoms with van der Waals surface area (Å²) in [6.45, 7) is 14.2. The summed E-state index contributed by atoms with van der Waals surface area (Å²) in [6.07, 6.45) is 8.12. The Kier molecular flexibility index (Phi) is 8.61. The highest BCUT2D eigenvalue weighted by Gasteiger charge is 2.34. The number of methoxy groups -OCH3 is 1. The second-order valence-electron chi connectivity index (χ2n) is 6.04. The smallest absolute Gasteiger partial charge is 0.260 e. The summed E-state index contributed by atoms with van der Waals surface area (Å²) in [7, 11) is 1.66. The van der Waals surface area contributed by atoms with Gasteiger partial charge in [0.2, 0.25) is 5.88 Å². The average Bonchev–Trinajstić information content (AvgIpc) is 3.12. The molecule has 3 aliphatic heterocycles. The first-order chi connectivity index (χ1) is 12.5. The molecule has 0 saturated carbocycles. The highest BCUT2D eigenvalue weighted by Crippen LogP contribution is 2.33. The minimum absolute atomic E-state index is 0.0613. The van der Waals surface area contributed by atoms with E-state index in [0.29, 0.717) is 11.5 Å². The van der Waals surface area contributed by atoms with E-state index < -0.39 is 0 Å². The molecule has 6 nitrogen and oxygen atoms in total. The highest BCUT2D eigenvalue weighted by atomic mass is 16.5. The third kappa shape index (κ3) is 4.56. The lowest BCUT2D eigenvalue weighted by Crippen LogP contribution is -2.50. The molecule has 0 bridgehead atoms. The Hall–Kier alpha value is -2.05. The van der Waals surface area contributed by atoms with Gasteiger partial charge >= 0.3 is 0 Å². The lowest BCUT2D eigenvalue weighted by Gasteiger charge is -2.32. The number of hydrogen-bond acceptors (Lipinski definition) is 5. The zero-order chi connectivity index (χ0) is 19.9. The summed E-state index contributed by atoms with van der Waals surface area (Å²) < 4.78 is 5.44. The molecule has 0 spiro atoms. The summed E-state index contributed by atoms with van der Waals surface area (Å²) in [5.41, 5.74) is 12.1. The van der Waals surface area contributed by atoms with Gasteiger partial charge in [-0.2, -0.15) is 0 Å². The Morgan fingerprint density at radius 1 is 1.12 bits per heavy atom. The normalized spacial score (nSPS) is 23.9. The molecule has 3 aliphatic rings. The Morgan fingerprint density at radius 3 is 2.31 bits per heavy atom. The van der Waals surface area contributed by atoms with Crippen molar-refractivity contribution in [2.45, 2.75) is 60.5 Å². The van der Waals surface area contributed by atoms with Gasteiger partial charge in [0.1, 0.15) is 0 Å². The second kappa shape index (κ2) is 10.2. The van der Waals surface area contributed by atoms with Crippen molar-refractivity contribution in [1.82, 2.24) is 21.3 Å². The first kappa shape index (κ1) is 22.0. The van der Waals surface area contributed by atoms with Gasteiger partial charge < -0.3 is 4.74 Å². The predicted molar refractivity (Wildman–Crippen MR) is 106 cm³/mol. The molecule has 3 rings (SSSR count). The van der Waals surface area contributed by atoms with Gasteiger partial charge in [0.15, 0.2) is 0 Å². The number of nitrogens with zero attached hydrogens (tertiary/aromatic N) is 1. The van der Waals surface area contributed by atoms with E-state index in [-0.39, 0.29) is 18.0 Å². The molecule has 0 aromatic carbocycles. The lowest BCUT2D eigenvalue weighted by atomic mass is 9.96. The van der Waals surface area contributed by atoms with E-state index in [1.165, 1.54) is 0 Å². The first-order valence-corrected chi connectivity index (χ1v) is 9.50. The number of rotatable bonds is 3. The third-order valence-corrected chi connectivity index (χ3v) is 4.16. The summed E-state index contributed by atoms with van der Waals surface area (Å²) in [5, 5.41) is 1.97. The van der Waals surface area contributed by atoms with Crippen molar-refractivity contribution in [3.05, 3.63) is 47.0 Å². The molecule has 0 radical (unpaired) electrons. The van der Waals surface area contributed by atoms with E-state index in [1.54, 1.807) is 7.11 Å².